The summed E-state index contributed by atoms with van der Waals surface area (Å²) in [5.41, 5.74) is 9.68. The molecule has 19 heavy (non-hydrogen) atoms. The summed E-state index contributed by atoms with van der Waals surface area (Å²) < 4.78 is 1.78. The molecule has 0 fully saturated rings. The number of imidazole rings is 1. The molecule has 0 spiro atoms. The molecule has 0 radical (unpaired) electrons. The molecule has 3 rings (SSSR count). The molecule has 0 amide bonds. The number of nitrogens with zero attached hydrogens (tertiary/aromatic N) is 4. The summed E-state index contributed by atoms with van der Waals surface area (Å²) in [6.45, 7) is 4.35. The van der Waals surface area contributed by atoms with Crippen molar-refractivity contribution in [2.75, 3.05) is 0 Å². The zero-order valence-corrected chi connectivity index (χ0v) is 11.0. The first-order valence-electron chi connectivity index (χ1n) is 6.17. The molecule has 0 aliphatic carbocycles. The van der Waals surface area contributed by atoms with E-state index in [1.165, 1.54) is 5.56 Å². The Balaban J connectivity index is 2.21. The third-order valence-electron chi connectivity index (χ3n) is 3.10. The largest absolute Gasteiger partial charge is 0.324 e. The van der Waals surface area contributed by atoms with Gasteiger partial charge in [-0.05, 0) is 19.9 Å². The van der Waals surface area contributed by atoms with Crippen LogP contribution in [-0.2, 0) is 6.54 Å². The molecule has 5 heteroatoms. The van der Waals surface area contributed by atoms with Gasteiger partial charge in [0.1, 0.15) is 11.3 Å². The minimum Gasteiger partial charge on any atom is -0.324 e. The molecule has 0 saturated carbocycles. The van der Waals surface area contributed by atoms with Gasteiger partial charge in [0.2, 0.25) is 0 Å². The van der Waals surface area contributed by atoms with E-state index in [1.54, 1.807) is 10.7 Å². The number of rotatable bonds is 2. The van der Waals surface area contributed by atoms with Crippen molar-refractivity contribution in [3.8, 4) is 11.4 Å². The van der Waals surface area contributed by atoms with Crippen molar-refractivity contribution >= 4 is 5.52 Å². The first-order valence-corrected chi connectivity index (χ1v) is 6.17. The van der Waals surface area contributed by atoms with Crippen molar-refractivity contribution in [3.05, 3.63) is 47.5 Å². The molecule has 2 N–H and O–H groups in total. The summed E-state index contributed by atoms with van der Waals surface area (Å²) in [5.74, 6) is 1.44. The molecule has 2 heterocycles. The van der Waals surface area contributed by atoms with Crippen molar-refractivity contribution < 1.29 is 0 Å². The first-order chi connectivity index (χ1) is 9.19. The van der Waals surface area contributed by atoms with Gasteiger partial charge in [-0.3, -0.25) is 0 Å². The highest BCUT2D eigenvalue weighted by Crippen LogP contribution is 2.17. The fourth-order valence-electron chi connectivity index (χ4n) is 2.14. The van der Waals surface area contributed by atoms with Crippen molar-refractivity contribution in [3.63, 3.8) is 0 Å². The number of nitrogens with two attached hydrogens (primary N) is 1. The second kappa shape index (κ2) is 4.44. The van der Waals surface area contributed by atoms with Gasteiger partial charge in [0.15, 0.2) is 5.82 Å². The normalized spacial score (nSPS) is 11.1. The second-order valence-electron chi connectivity index (χ2n) is 4.57. The Morgan fingerprint density at radius 3 is 2.84 bits per heavy atom. The zero-order valence-electron chi connectivity index (χ0n) is 11.0. The molecule has 0 saturated heterocycles. The topological polar surface area (TPSA) is 69.1 Å². The van der Waals surface area contributed by atoms with Crippen LogP contribution in [0.3, 0.4) is 0 Å². The lowest BCUT2D eigenvalue weighted by molar-refractivity contribution is 0.803. The van der Waals surface area contributed by atoms with Crippen LogP contribution in [0.1, 0.15) is 17.1 Å². The molecule has 2 aromatic heterocycles. The summed E-state index contributed by atoms with van der Waals surface area (Å²) in [5, 5.41) is 4.54. The number of benzene rings is 1. The predicted molar refractivity (Wildman–Crippen MR) is 73.6 cm³/mol. The number of aromatic nitrogens is 4. The Kier molecular flexibility index (Phi) is 2.76. The van der Waals surface area contributed by atoms with Crippen molar-refractivity contribution in [2.45, 2.75) is 20.4 Å². The van der Waals surface area contributed by atoms with Crippen LogP contribution < -0.4 is 5.73 Å². The lowest BCUT2D eigenvalue weighted by Gasteiger charge is -2.03. The van der Waals surface area contributed by atoms with Crippen LogP contribution in [0, 0.1) is 13.8 Å². The molecular weight excluding hydrogens is 238 g/mol. The minimum absolute atomic E-state index is 0.360. The molecule has 0 aliphatic rings. The number of fused-ring (bicyclic) bond motifs is 1. The van der Waals surface area contributed by atoms with Gasteiger partial charge in [0.25, 0.3) is 0 Å². The molecular formula is C14H15N5. The monoisotopic (exact) mass is 253 g/mol. The van der Waals surface area contributed by atoms with E-state index in [4.69, 9.17) is 5.73 Å². The van der Waals surface area contributed by atoms with Gasteiger partial charge in [-0.25, -0.2) is 14.5 Å². The van der Waals surface area contributed by atoms with Gasteiger partial charge < -0.3 is 5.73 Å². The fraction of sp³-hybridized carbons (Fsp3) is 0.214. The van der Waals surface area contributed by atoms with E-state index in [0.29, 0.717) is 12.4 Å². The minimum atomic E-state index is 0.360. The second-order valence-corrected chi connectivity index (χ2v) is 4.57. The SMILES string of the molecule is Cc1cccc(-c2ncc3c(C)nc(CN)n3n2)c1. The van der Waals surface area contributed by atoms with Gasteiger partial charge in [0.05, 0.1) is 18.4 Å². The molecule has 1 aromatic carbocycles. The van der Waals surface area contributed by atoms with Crippen LogP contribution in [0.2, 0.25) is 0 Å². The van der Waals surface area contributed by atoms with Gasteiger partial charge in [-0.15, -0.1) is 5.10 Å². The zero-order chi connectivity index (χ0) is 13.4. The average molecular weight is 253 g/mol. The van der Waals surface area contributed by atoms with Crippen molar-refractivity contribution in [2.24, 2.45) is 5.73 Å². The van der Waals surface area contributed by atoms with Gasteiger partial charge in [-0.2, -0.15) is 0 Å². The molecule has 0 unspecified atom stereocenters. The number of hydrogen-bond donors (Lipinski definition) is 1. The maximum atomic E-state index is 5.70. The third kappa shape index (κ3) is 1.98. The Hall–Kier alpha value is -2.27. The molecule has 0 aliphatic heterocycles. The summed E-state index contributed by atoms with van der Waals surface area (Å²) >= 11 is 0. The van der Waals surface area contributed by atoms with Crippen LogP contribution in [0.25, 0.3) is 16.9 Å². The Bertz CT molecular complexity index is 745. The van der Waals surface area contributed by atoms with Crippen LogP contribution >= 0.6 is 0 Å². The van der Waals surface area contributed by atoms with Crippen LogP contribution in [-0.4, -0.2) is 19.6 Å². The Labute approximate surface area is 111 Å². The maximum absolute atomic E-state index is 5.70. The van der Waals surface area contributed by atoms with E-state index in [-0.39, 0.29) is 0 Å². The van der Waals surface area contributed by atoms with E-state index in [9.17, 15) is 0 Å². The van der Waals surface area contributed by atoms with Crippen LogP contribution in [0.5, 0.6) is 0 Å². The standard InChI is InChI=1S/C14H15N5/c1-9-4-3-5-11(6-9)14-16-8-12-10(2)17-13(7-15)19(12)18-14/h3-6,8H,7,15H2,1-2H3. The smallest absolute Gasteiger partial charge is 0.180 e. The Morgan fingerprint density at radius 2 is 2.11 bits per heavy atom. The number of aryl methyl sites for hydroxylation is 2. The predicted octanol–water partition coefficient (Wildman–Crippen LogP) is 1.87. The first kappa shape index (κ1) is 11.8. The molecule has 3 aromatic rings. The van der Waals surface area contributed by atoms with Gasteiger partial charge in [0, 0.05) is 5.56 Å². The van der Waals surface area contributed by atoms with Crippen molar-refractivity contribution in [1.29, 1.82) is 0 Å². The van der Waals surface area contributed by atoms with E-state index in [1.807, 2.05) is 19.1 Å². The molecule has 5 nitrogen and oxygen atoms in total. The fourth-order valence-corrected chi connectivity index (χ4v) is 2.14. The molecule has 96 valence electrons. The highest BCUT2D eigenvalue weighted by molar-refractivity contribution is 5.58. The lowest BCUT2D eigenvalue weighted by atomic mass is 10.1. The van der Waals surface area contributed by atoms with Gasteiger partial charge in [-0.1, -0.05) is 23.8 Å². The summed E-state index contributed by atoms with van der Waals surface area (Å²) in [6, 6.07) is 8.11. The average Bonchev–Trinajstić information content (AvgIpc) is 2.75. The quantitative estimate of drug-likeness (QED) is 0.757. The number of hydrogen-bond acceptors (Lipinski definition) is 4. The molecule has 0 atom stereocenters. The Morgan fingerprint density at radius 1 is 1.26 bits per heavy atom. The van der Waals surface area contributed by atoms with E-state index < -0.39 is 0 Å². The van der Waals surface area contributed by atoms with Gasteiger partial charge >= 0.3 is 0 Å². The lowest BCUT2D eigenvalue weighted by Crippen LogP contribution is -2.06. The van der Waals surface area contributed by atoms with E-state index in [0.717, 1.165) is 22.6 Å². The van der Waals surface area contributed by atoms with E-state index >= 15 is 0 Å². The van der Waals surface area contributed by atoms with Crippen molar-refractivity contribution in [1.82, 2.24) is 19.6 Å². The molecule has 0 bridgehead atoms. The summed E-state index contributed by atoms with van der Waals surface area (Å²) in [6.07, 6.45) is 1.80. The maximum Gasteiger partial charge on any atom is 0.180 e. The third-order valence-corrected chi connectivity index (χ3v) is 3.10. The van der Waals surface area contributed by atoms with Crippen LogP contribution in [0.15, 0.2) is 30.5 Å². The summed E-state index contributed by atoms with van der Waals surface area (Å²) in [4.78, 5) is 8.81. The summed E-state index contributed by atoms with van der Waals surface area (Å²) in [7, 11) is 0. The van der Waals surface area contributed by atoms with E-state index in [2.05, 4.69) is 34.1 Å². The van der Waals surface area contributed by atoms with Crippen LogP contribution in [0.4, 0.5) is 0 Å². The highest BCUT2D eigenvalue weighted by atomic mass is 15.3. The highest BCUT2D eigenvalue weighted by Gasteiger charge is 2.10.